The first kappa shape index (κ1) is 19.5. The second kappa shape index (κ2) is 7.05. The number of alkyl halides is 1. The molecule has 6 atom stereocenters. The molecule has 158 valence electrons. The number of rotatable bonds is 6. The molecule has 1 heterocycles. The van der Waals surface area contributed by atoms with E-state index in [2.05, 4.69) is 41.0 Å². The molecule has 4 saturated carbocycles. The summed E-state index contributed by atoms with van der Waals surface area (Å²) in [6.07, 6.45) is 4.71. The van der Waals surface area contributed by atoms with Gasteiger partial charge in [-0.3, -0.25) is 4.79 Å². The minimum atomic E-state index is -1.01. The van der Waals surface area contributed by atoms with Crippen molar-refractivity contribution in [3.8, 4) is 0 Å². The summed E-state index contributed by atoms with van der Waals surface area (Å²) in [6, 6.07) is 10.4. The first-order chi connectivity index (χ1) is 14.0. The lowest BCUT2D eigenvalue weighted by molar-refractivity contribution is -0.140. The Balaban J connectivity index is 1.49. The fourth-order valence-corrected chi connectivity index (χ4v) is 7.52. The smallest absolute Gasteiger partial charge is 0.227 e. The maximum absolute atomic E-state index is 14.5. The SMILES string of the molecule is CCOC[C@]12CC3CC1(C(=O)N[C@@H]1CCNC[C@H]1F)C[C@@](c1ccccc1)(C3)C2. The molecule has 0 radical (unpaired) electrons. The van der Waals surface area contributed by atoms with Gasteiger partial charge in [-0.1, -0.05) is 30.3 Å². The molecule has 2 unspecified atom stereocenters. The number of hydrogen-bond acceptors (Lipinski definition) is 3. The average Bonchev–Trinajstić information content (AvgIpc) is 3.08. The highest BCUT2D eigenvalue weighted by Crippen LogP contribution is 2.76. The maximum atomic E-state index is 14.5. The Labute approximate surface area is 173 Å². The average molecular weight is 401 g/mol. The topological polar surface area (TPSA) is 50.4 Å². The van der Waals surface area contributed by atoms with Gasteiger partial charge in [0, 0.05) is 18.6 Å². The molecule has 4 nitrogen and oxygen atoms in total. The lowest BCUT2D eigenvalue weighted by atomic mass is 9.63. The van der Waals surface area contributed by atoms with Crippen LogP contribution in [0.25, 0.3) is 0 Å². The molecule has 0 spiro atoms. The molecule has 5 aliphatic rings. The van der Waals surface area contributed by atoms with Gasteiger partial charge in [0.25, 0.3) is 0 Å². The van der Waals surface area contributed by atoms with Crippen LogP contribution in [0.4, 0.5) is 4.39 Å². The monoisotopic (exact) mass is 400 g/mol. The van der Waals surface area contributed by atoms with Gasteiger partial charge in [-0.25, -0.2) is 4.39 Å². The Bertz CT molecular complexity index is 773. The molecule has 1 aromatic carbocycles. The van der Waals surface area contributed by atoms with Crippen LogP contribution in [0.15, 0.2) is 30.3 Å². The number of nitrogens with one attached hydrogen (secondary N) is 2. The third-order valence-corrected chi connectivity index (χ3v) is 8.46. The van der Waals surface area contributed by atoms with Gasteiger partial charge < -0.3 is 15.4 Å². The number of ether oxygens (including phenoxy) is 1. The number of carbonyl (C=O) groups excluding carboxylic acids is 1. The Hall–Kier alpha value is -1.46. The Morgan fingerprint density at radius 3 is 2.83 bits per heavy atom. The molecular formula is C24H33FN2O2. The zero-order valence-electron chi connectivity index (χ0n) is 17.4. The Morgan fingerprint density at radius 2 is 2.07 bits per heavy atom. The van der Waals surface area contributed by atoms with Crippen molar-refractivity contribution in [1.29, 1.82) is 0 Å². The van der Waals surface area contributed by atoms with E-state index in [-0.39, 0.29) is 22.8 Å². The summed E-state index contributed by atoms with van der Waals surface area (Å²) in [5.74, 6) is 0.643. The first-order valence-electron chi connectivity index (χ1n) is 11.3. The van der Waals surface area contributed by atoms with E-state index in [1.165, 1.54) is 12.0 Å². The van der Waals surface area contributed by atoms with Gasteiger partial charge in [0.05, 0.1) is 18.1 Å². The fourth-order valence-electron chi connectivity index (χ4n) is 7.52. The van der Waals surface area contributed by atoms with Crippen molar-refractivity contribution in [3.63, 3.8) is 0 Å². The highest BCUT2D eigenvalue weighted by Gasteiger charge is 2.74. The van der Waals surface area contributed by atoms with Crippen LogP contribution in [-0.2, 0) is 14.9 Å². The number of piperidine rings is 1. The number of hydrogen-bond donors (Lipinski definition) is 2. The molecule has 1 aliphatic heterocycles. The van der Waals surface area contributed by atoms with E-state index < -0.39 is 11.6 Å². The summed E-state index contributed by atoms with van der Waals surface area (Å²) in [6.45, 7) is 4.44. The Kier molecular flexibility index (Phi) is 4.74. The van der Waals surface area contributed by atoms with Crippen molar-refractivity contribution in [2.75, 3.05) is 26.3 Å². The summed E-state index contributed by atoms with van der Waals surface area (Å²) in [4.78, 5) is 13.8. The molecule has 29 heavy (non-hydrogen) atoms. The van der Waals surface area contributed by atoms with Gasteiger partial charge in [-0.05, 0) is 68.9 Å². The second-order valence-electron chi connectivity index (χ2n) is 10.1. The van der Waals surface area contributed by atoms with Crippen LogP contribution in [-0.4, -0.2) is 44.4 Å². The van der Waals surface area contributed by atoms with E-state index in [1.807, 2.05) is 6.92 Å². The van der Waals surface area contributed by atoms with Gasteiger partial charge in [0.1, 0.15) is 6.17 Å². The van der Waals surface area contributed by atoms with Crippen molar-refractivity contribution in [1.82, 2.24) is 10.6 Å². The van der Waals surface area contributed by atoms with E-state index in [0.29, 0.717) is 32.1 Å². The second-order valence-corrected chi connectivity index (χ2v) is 10.1. The number of amides is 1. The molecule has 4 aliphatic carbocycles. The van der Waals surface area contributed by atoms with Crippen LogP contribution in [0.2, 0.25) is 0 Å². The van der Waals surface area contributed by atoms with E-state index in [0.717, 1.165) is 32.2 Å². The largest absolute Gasteiger partial charge is 0.381 e. The van der Waals surface area contributed by atoms with Gasteiger partial charge >= 0.3 is 0 Å². The zero-order chi connectivity index (χ0) is 20.1. The molecule has 0 aromatic heterocycles. The molecule has 1 saturated heterocycles. The van der Waals surface area contributed by atoms with E-state index >= 15 is 0 Å². The summed E-state index contributed by atoms with van der Waals surface area (Å²) in [5, 5.41) is 6.26. The highest BCUT2D eigenvalue weighted by molar-refractivity contribution is 5.86. The van der Waals surface area contributed by atoms with Crippen LogP contribution in [0, 0.1) is 16.7 Å². The van der Waals surface area contributed by atoms with Gasteiger partial charge in [0.2, 0.25) is 5.91 Å². The van der Waals surface area contributed by atoms with Gasteiger partial charge in [-0.2, -0.15) is 0 Å². The van der Waals surface area contributed by atoms with Crippen molar-refractivity contribution in [3.05, 3.63) is 35.9 Å². The summed E-state index contributed by atoms with van der Waals surface area (Å²) in [7, 11) is 0. The normalized spacial score (nSPS) is 42.9. The number of carbonyl (C=O) groups is 1. The predicted octanol–water partition coefficient (Wildman–Crippen LogP) is 3.36. The van der Waals surface area contributed by atoms with E-state index in [4.69, 9.17) is 4.74 Å². The third-order valence-electron chi connectivity index (χ3n) is 8.46. The van der Waals surface area contributed by atoms with Crippen molar-refractivity contribution in [2.45, 2.75) is 63.1 Å². The van der Waals surface area contributed by atoms with Crippen LogP contribution < -0.4 is 10.6 Å². The molecule has 5 fully saturated rings. The van der Waals surface area contributed by atoms with Crippen molar-refractivity contribution >= 4 is 5.91 Å². The van der Waals surface area contributed by atoms with Gasteiger partial charge in [-0.15, -0.1) is 0 Å². The Morgan fingerprint density at radius 1 is 1.24 bits per heavy atom. The quantitative estimate of drug-likeness (QED) is 0.770. The maximum Gasteiger partial charge on any atom is 0.227 e. The van der Waals surface area contributed by atoms with Gasteiger partial charge in [0.15, 0.2) is 0 Å². The molecule has 4 bridgehead atoms. The van der Waals surface area contributed by atoms with Crippen LogP contribution in [0.5, 0.6) is 0 Å². The molecule has 1 amide bonds. The molecule has 2 N–H and O–H groups in total. The predicted molar refractivity (Wildman–Crippen MR) is 110 cm³/mol. The lowest BCUT2D eigenvalue weighted by Gasteiger charge is -2.41. The lowest BCUT2D eigenvalue weighted by Crippen LogP contribution is -2.56. The minimum absolute atomic E-state index is 0.0557. The zero-order valence-corrected chi connectivity index (χ0v) is 17.4. The molecular weight excluding hydrogens is 367 g/mol. The number of benzene rings is 1. The van der Waals surface area contributed by atoms with Crippen LogP contribution in [0.1, 0.15) is 51.0 Å². The van der Waals surface area contributed by atoms with Crippen molar-refractivity contribution in [2.24, 2.45) is 16.7 Å². The summed E-state index contributed by atoms with van der Waals surface area (Å²) in [5.41, 5.74) is 0.876. The highest BCUT2D eigenvalue weighted by atomic mass is 19.1. The summed E-state index contributed by atoms with van der Waals surface area (Å²) < 4.78 is 20.5. The van der Waals surface area contributed by atoms with Crippen LogP contribution >= 0.6 is 0 Å². The standard InChI is InChI=1S/C24H33FN2O2/c1-2-29-16-23-11-17-10-22(14-23,18-6-4-3-5-7-18)15-24(23,12-17)21(28)27-20-8-9-26-13-19(20)25/h3-7,17,19-20,26H,2,8-16H2,1H3,(H,27,28)/t17?,19-,20-,22-,23-,24?/m1/s1. The van der Waals surface area contributed by atoms with E-state index in [1.54, 1.807) is 0 Å². The molecule has 6 rings (SSSR count). The minimum Gasteiger partial charge on any atom is -0.381 e. The molecule has 5 heteroatoms. The van der Waals surface area contributed by atoms with E-state index in [9.17, 15) is 9.18 Å². The number of halogens is 1. The van der Waals surface area contributed by atoms with Crippen molar-refractivity contribution < 1.29 is 13.9 Å². The first-order valence-corrected chi connectivity index (χ1v) is 11.3. The summed E-state index contributed by atoms with van der Waals surface area (Å²) >= 11 is 0. The van der Waals surface area contributed by atoms with Crippen LogP contribution in [0.3, 0.4) is 0 Å². The molecule has 1 aromatic rings. The fraction of sp³-hybridized carbons (Fsp3) is 0.708. The third kappa shape index (κ3) is 2.88.